The highest BCUT2D eigenvalue weighted by Crippen LogP contribution is 2.36. The summed E-state index contributed by atoms with van der Waals surface area (Å²) in [5.74, 6) is 0. The average Bonchev–Trinajstić information content (AvgIpc) is 2.73. The number of nitrogens with one attached hydrogen (secondary N) is 1. The molecule has 1 aliphatic rings. The maximum atomic E-state index is 4.18. The van der Waals surface area contributed by atoms with Crippen molar-refractivity contribution in [2.45, 2.75) is 45.6 Å². The van der Waals surface area contributed by atoms with Gasteiger partial charge in [0.25, 0.3) is 0 Å². The molecule has 0 amide bonds. The Morgan fingerprint density at radius 3 is 2.94 bits per heavy atom. The molecule has 1 aromatic heterocycles. The van der Waals surface area contributed by atoms with Crippen molar-refractivity contribution in [3.05, 3.63) is 18.0 Å². The van der Waals surface area contributed by atoms with Crippen LogP contribution < -0.4 is 5.32 Å². The van der Waals surface area contributed by atoms with E-state index in [4.69, 9.17) is 0 Å². The third kappa shape index (κ3) is 3.08. The fraction of sp³-hybridized carbons (Fsp3) is 0.769. The Balaban J connectivity index is 1.69. The van der Waals surface area contributed by atoms with E-state index in [1.165, 1.54) is 24.8 Å². The van der Waals surface area contributed by atoms with E-state index in [-0.39, 0.29) is 0 Å². The molecule has 2 rings (SSSR count). The quantitative estimate of drug-likeness (QED) is 0.844. The molecule has 0 aliphatic heterocycles. The molecule has 1 saturated carbocycles. The van der Waals surface area contributed by atoms with Crippen LogP contribution in [-0.2, 0) is 13.5 Å². The molecule has 1 heterocycles. The lowest BCUT2D eigenvalue weighted by Gasteiger charge is -2.17. The van der Waals surface area contributed by atoms with Crippen LogP contribution in [0.25, 0.3) is 0 Å². The van der Waals surface area contributed by atoms with Gasteiger partial charge in [0.2, 0.25) is 0 Å². The van der Waals surface area contributed by atoms with Gasteiger partial charge in [-0.1, -0.05) is 13.8 Å². The molecule has 0 radical (unpaired) electrons. The lowest BCUT2D eigenvalue weighted by atomic mass is 9.92. The number of hydrogen-bond acceptors (Lipinski definition) is 2. The first-order chi connectivity index (χ1) is 7.55. The zero-order valence-corrected chi connectivity index (χ0v) is 10.7. The van der Waals surface area contributed by atoms with Gasteiger partial charge in [-0.2, -0.15) is 5.10 Å². The van der Waals surface area contributed by atoms with Gasteiger partial charge in [-0.3, -0.25) is 4.68 Å². The van der Waals surface area contributed by atoms with Crippen molar-refractivity contribution in [1.29, 1.82) is 0 Å². The SMILES string of the molecule is Cn1cc(CCNC2CCC(C)(C)C2)cn1. The van der Waals surface area contributed by atoms with Crippen molar-refractivity contribution < 1.29 is 0 Å². The highest BCUT2D eigenvalue weighted by molar-refractivity contribution is 5.04. The average molecular weight is 221 g/mol. The Bertz CT molecular complexity index is 341. The molecule has 1 aliphatic carbocycles. The van der Waals surface area contributed by atoms with E-state index < -0.39 is 0 Å². The second-order valence-corrected chi connectivity index (χ2v) is 5.83. The second-order valence-electron chi connectivity index (χ2n) is 5.83. The zero-order chi connectivity index (χ0) is 11.6. The van der Waals surface area contributed by atoms with Crippen LogP contribution in [-0.4, -0.2) is 22.4 Å². The molecule has 0 saturated heterocycles. The van der Waals surface area contributed by atoms with Crippen LogP contribution >= 0.6 is 0 Å². The Labute approximate surface area is 98.2 Å². The summed E-state index contributed by atoms with van der Waals surface area (Å²) in [6.45, 7) is 5.82. The van der Waals surface area contributed by atoms with Gasteiger partial charge in [0.15, 0.2) is 0 Å². The minimum absolute atomic E-state index is 0.548. The first-order valence-corrected chi connectivity index (χ1v) is 6.26. The van der Waals surface area contributed by atoms with Gasteiger partial charge in [0.05, 0.1) is 6.20 Å². The van der Waals surface area contributed by atoms with Gasteiger partial charge in [-0.05, 0) is 43.2 Å². The predicted octanol–water partition coefficient (Wildman–Crippen LogP) is 2.13. The summed E-state index contributed by atoms with van der Waals surface area (Å²) in [7, 11) is 1.97. The smallest absolute Gasteiger partial charge is 0.0522 e. The van der Waals surface area contributed by atoms with Gasteiger partial charge in [-0.25, -0.2) is 0 Å². The Kier molecular flexibility index (Phi) is 3.33. The highest BCUT2D eigenvalue weighted by Gasteiger charge is 2.30. The van der Waals surface area contributed by atoms with E-state index in [0.29, 0.717) is 5.41 Å². The lowest BCUT2D eigenvalue weighted by molar-refractivity contribution is 0.365. The number of hydrogen-bond donors (Lipinski definition) is 1. The Morgan fingerprint density at radius 2 is 2.38 bits per heavy atom. The van der Waals surface area contributed by atoms with Gasteiger partial charge in [-0.15, -0.1) is 0 Å². The van der Waals surface area contributed by atoms with Crippen LogP contribution in [0.1, 0.15) is 38.7 Å². The largest absolute Gasteiger partial charge is 0.314 e. The van der Waals surface area contributed by atoms with E-state index in [0.717, 1.165) is 19.0 Å². The first-order valence-electron chi connectivity index (χ1n) is 6.26. The molecule has 0 aromatic carbocycles. The van der Waals surface area contributed by atoms with Crippen LogP contribution in [0.2, 0.25) is 0 Å². The van der Waals surface area contributed by atoms with Crippen LogP contribution in [0.5, 0.6) is 0 Å². The fourth-order valence-electron chi connectivity index (χ4n) is 2.63. The van der Waals surface area contributed by atoms with E-state index in [2.05, 4.69) is 30.5 Å². The summed E-state index contributed by atoms with van der Waals surface area (Å²) in [5.41, 5.74) is 1.87. The van der Waals surface area contributed by atoms with Gasteiger partial charge in [0, 0.05) is 19.3 Å². The molecule has 90 valence electrons. The molecule has 0 spiro atoms. The minimum atomic E-state index is 0.548. The van der Waals surface area contributed by atoms with Crippen LogP contribution in [0.15, 0.2) is 12.4 Å². The summed E-state index contributed by atoms with van der Waals surface area (Å²) in [6, 6.07) is 0.728. The van der Waals surface area contributed by atoms with Crippen LogP contribution in [0.3, 0.4) is 0 Å². The molecule has 1 atom stereocenters. The Hall–Kier alpha value is -0.830. The minimum Gasteiger partial charge on any atom is -0.314 e. The number of nitrogens with zero attached hydrogens (tertiary/aromatic N) is 2. The number of aryl methyl sites for hydroxylation is 1. The monoisotopic (exact) mass is 221 g/mol. The highest BCUT2D eigenvalue weighted by atomic mass is 15.2. The van der Waals surface area contributed by atoms with Gasteiger partial charge < -0.3 is 5.32 Å². The molecule has 3 heteroatoms. The van der Waals surface area contributed by atoms with Crippen molar-refractivity contribution in [3.8, 4) is 0 Å². The number of aromatic nitrogens is 2. The standard InChI is InChI=1S/C13H23N3/c1-13(2)6-4-12(8-13)14-7-5-11-9-15-16(3)10-11/h9-10,12,14H,4-8H2,1-3H3. The Morgan fingerprint density at radius 1 is 1.56 bits per heavy atom. The third-order valence-electron chi connectivity index (χ3n) is 3.57. The topological polar surface area (TPSA) is 29.9 Å². The second kappa shape index (κ2) is 4.58. The third-order valence-corrected chi connectivity index (χ3v) is 3.57. The maximum Gasteiger partial charge on any atom is 0.0522 e. The van der Waals surface area contributed by atoms with Crippen LogP contribution in [0.4, 0.5) is 0 Å². The first kappa shape index (κ1) is 11.6. The molecular weight excluding hydrogens is 198 g/mol. The van der Waals surface area contributed by atoms with E-state index in [1.807, 2.05) is 17.9 Å². The molecule has 1 unspecified atom stereocenters. The summed E-state index contributed by atoms with van der Waals surface area (Å²) in [5, 5.41) is 7.84. The summed E-state index contributed by atoms with van der Waals surface area (Å²) in [6.07, 6.45) is 9.16. The van der Waals surface area contributed by atoms with Crippen molar-refractivity contribution >= 4 is 0 Å². The van der Waals surface area contributed by atoms with Crippen molar-refractivity contribution in [2.75, 3.05) is 6.54 Å². The van der Waals surface area contributed by atoms with Crippen molar-refractivity contribution in [2.24, 2.45) is 12.5 Å². The molecule has 1 N–H and O–H groups in total. The fourth-order valence-corrected chi connectivity index (χ4v) is 2.63. The lowest BCUT2D eigenvalue weighted by Crippen LogP contribution is -2.29. The van der Waals surface area contributed by atoms with Crippen molar-refractivity contribution in [1.82, 2.24) is 15.1 Å². The van der Waals surface area contributed by atoms with E-state index in [1.54, 1.807) is 0 Å². The molecule has 0 bridgehead atoms. The summed E-state index contributed by atoms with van der Waals surface area (Å²) >= 11 is 0. The molecule has 3 nitrogen and oxygen atoms in total. The van der Waals surface area contributed by atoms with E-state index >= 15 is 0 Å². The maximum absolute atomic E-state index is 4.18. The number of rotatable bonds is 4. The van der Waals surface area contributed by atoms with Crippen LogP contribution in [0, 0.1) is 5.41 Å². The summed E-state index contributed by atoms with van der Waals surface area (Å²) < 4.78 is 1.87. The van der Waals surface area contributed by atoms with Gasteiger partial charge in [0.1, 0.15) is 0 Å². The molecule has 16 heavy (non-hydrogen) atoms. The van der Waals surface area contributed by atoms with Gasteiger partial charge >= 0.3 is 0 Å². The normalized spacial score (nSPS) is 23.8. The summed E-state index contributed by atoms with van der Waals surface area (Å²) in [4.78, 5) is 0. The zero-order valence-electron chi connectivity index (χ0n) is 10.7. The van der Waals surface area contributed by atoms with Crippen molar-refractivity contribution in [3.63, 3.8) is 0 Å². The molecule has 1 fully saturated rings. The van der Waals surface area contributed by atoms with E-state index in [9.17, 15) is 0 Å². The molecule has 1 aromatic rings. The predicted molar refractivity (Wildman–Crippen MR) is 66.3 cm³/mol. The molecular formula is C13H23N3.